The number of nitrogens with zero attached hydrogens (tertiary/aromatic N) is 3. The van der Waals surface area contributed by atoms with E-state index >= 15 is 0 Å². The molecule has 1 N–H and O–H groups in total. The van der Waals surface area contributed by atoms with Crippen molar-refractivity contribution in [3.8, 4) is 17.1 Å². The number of carbonyl (C=O) groups excluding carboxylic acids is 1. The standard InChI is InChI=1S/C26H22N4O4S/c1-14(31)28-21-5-3-4-19-22-25(35-23(19)21)29-24(30(26(22)32)12-17-11-27-13-34-17)18-9-8-16(33-2)10-20(18)15-6-7-15/h3-5,8-11,13,15H,6-7,12H2,1-2H3,(H,28,31). The van der Waals surface area contributed by atoms with E-state index < -0.39 is 0 Å². The lowest BCUT2D eigenvalue weighted by Crippen LogP contribution is -2.24. The van der Waals surface area contributed by atoms with Gasteiger partial charge >= 0.3 is 0 Å². The number of benzene rings is 2. The molecular weight excluding hydrogens is 464 g/mol. The third-order valence-electron chi connectivity index (χ3n) is 6.24. The molecule has 0 radical (unpaired) electrons. The van der Waals surface area contributed by atoms with Crippen LogP contribution in [0.15, 0.2) is 58.2 Å². The lowest BCUT2D eigenvalue weighted by atomic mass is 10.0. The first-order valence-electron chi connectivity index (χ1n) is 11.3. The highest BCUT2D eigenvalue weighted by atomic mass is 32.1. The molecule has 5 aromatic rings. The number of carbonyl (C=O) groups is 1. The van der Waals surface area contributed by atoms with Gasteiger partial charge in [0, 0.05) is 17.9 Å². The van der Waals surface area contributed by atoms with Crippen molar-refractivity contribution in [1.29, 1.82) is 0 Å². The summed E-state index contributed by atoms with van der Waals surface area (Å²) in [5.74, 6) is 2.17. The molecule has 1 saturated carbocycles. The van der Waals surface area contributed by atoms with Crippen LogP contribution in [0, 0.1) is 0 Å². The van der Waals surface area contributed by atoms with E-state index in [4.69, 9.17) is 14.1 Å². The summed E-state index contributed by atoms with van der Waals surface area (Å²) in [7, 11) is 1.65. The SMILES string of the molecule is COc1ccc(-c2nc3sc4c(NC(C)=O)cccc4c3c(=O)n2Cc2cnco2)c(C2CC2)c1. The van der Waals surface area contributed by atoms with Crippen molar-refractivity contribution >= 4 is 43.2 Å². The molecule has 6 rings (SSSR count). The van der Waals surface area contributed by atoms with Gasteiger partial charge < -0.3 is 14.5 Å². The van der Waals surface area contributed by atoms with Gasteiger partial charge in [-0.25, -0.2) is 9.97 Å². The minimum Gasteiger partial charge on any atom is -0.497 e. The number of rotatable bonds is 6. The maximum Gasteiger partial charge on any atom is 0.263 e. The van der Waals surface area contributed by atoms with Crippen LogP contribution in [0.3, 0.4) is 0 Å². The van der Waals surface area contributed by atoms with Gasteiger partial charge in [0.15, 0.2) is 6.39 Å². The number of thiophene rings is 1. The Morgan fingerprint density at radius 2 is 2.14 bits per heavy atom. The Morgan fingerprint density at radius 3 is 2.86 bits per heavy atom. The molecule has 2 aromatic carbocycles. The van der Waals surface area contributed by atoms with Crippen LogP contribution in [0.25, 0.3) is 31.7 Å². The van der Waals surface area contributed by atoms with Crippen LogP contribution in [0.5, 0.6) is 5.75 Å². The molecule has 3 aromatic heterocycles. The van der Waals surface area contributed by atoms with Crippen molar-refractivity contribution in [3.05, 3.63) is 70.7 Å². The molecule has 3 heterocycles. The number of amides is 1. The molecule has 8 nitrogen and oxygen atoms in total. The number of hydrogen-bond donors (Lipinski definition) is 1. The highest BCUT2D eigenvalue weighted by Crippen LogP contribution is 2.46. The molecule has 0 saturated heterocycles. The molecule has 1 aliphatic rings. The largest absolute Gasteiger partial charge is 0.497 e. The smallest absolute Gasteiger partial charge is 0.263 e. The minimum atomic E-state index is -0.168. The Bertz CT molecular complexity index is 1650. The zero-order chi connectivity index (χ0) is 24.1. The van der Waals surface area contributed by atoms with Crippen molar-refractivity contribution in [3.63, 3.8) is 0 Å². The Morgan fingerprint density at radius 1 is 1.29 bits per heavy atom. The second-order valence-electron chi connectivity index (χ2n) is 8.67. The normalized spacial score (nSPS) is 13.4. The fourth-order valence-electron chi connectivity index (χ4n) is 4.50. The summed E-state index contributed by atoms with van der Waals surface area (Å²) in [6, 6.07) is 11.5. The monoisotopic (exact) mass is 486 g/mol. The third-order valence-corrected chi connectivity index (χ3v) is 7.38. The highest BCUT2D eigenvalue weighted by Gasteiger charge is 2.29. The molecule has 35 heavy (non-hydrogen) atoms. The van der Waals surface area contributed by atoms with Crippen LogP contribution in [0.4, 0.5) is 5.69 Å². The van der Waals surface area contributed by atoms with Gasteiger partial charge in [-0.05, 0) is 48.6 Å². The van der Waals surface area contributed by atoms with Gasteiger partial charge in [0.25, 0.3) is 5.56 Å². The van der Waals surface area contributed by atoms with Gasteiger partial charge in [0.1, 0.15) is 22.2 Å². The third kappa shape index (κ3) is 3.77. The van der Waals surface area contributed by atoms with E-state index in [2.05, 4.69) is 10.3 Å². The second kappa shape index (κ2) is 8.35. The summed E-state index contributed by atoms with van der Waals surface area (Å²) in [5, 5.41) is 4.17. The van der Waals surface area contributed by atoms with Crippen LogP contribution >= 0.6 is 11.3 Å². The van der Waals surface area contributed by atoms with Crippen molar-refractivity contribution in [2.45, 2.75) is 32.2 Å². The van der Waals surface area contributed by atoms with Crippen LogP contribution in [0.2, 0.25) is 0 Å². The maximum atomic E-state index is 14.0. The highest BCUT2D eigenvalue weighted by molar-refractivity contribution is 7.26. The number of ether oxygens (including phenoxy) is 1. The molecule has 0 atom stereocenters. The first-order chi connectivity index (χ1) is 17.0. The zero-order valence-corrected chi connectivity index (χ0v) is 20.0. The number of hydrogen-bond acceptors (Lipinski definition) is 7. The van der Waals surface area contributed by atoms with Gasteiger partial charge in [-0.2, -0.15) is 0 Å². The van der Waals surface area contributed by atoms with E-state index in [-0.39, 0.29) is 18.0 Å². The Balaban J connectivity index is 1.65. The fourth-order valence-corrected chi connectivity index (χ4v) is 5.63. The number of anilines is 1. The molecule has 1 amide bonds. The van der Waals surface area contributed by atoms with Crippen LogP contribution in [-0.4, -0.2) is 27.6 Å². The molecular formula is C26H22N4O4S. The predicted molar refractivity (Wildman–Crippen MR) is 135 cm³/mol. The predicted octanol–water partition coefficient (Wildman–Crippen LogP) is 5.16. The fraction of sp³-hybridized carbons (Fsp3) is 0.231. The maximum absolute atomic E-state index is 14.0. The van der Waals surface area contributed by atoms with Crippen molar-refractivity contribution in [1.82, 2.24) is 14.5 Å². The Hall–Kier alpha value is -3.98. The van der Waals surface area contributed by atoms with Gasteiger partial charge in [-0.15, -0.1) is 11.3 Å². The number of nitrogens with one attached hydrogen (secondary N) is 1. The van der Waals surface area contributed by atoms with Crippen molar-refractivity contribution in [2.75, 3.05) is 12.4 Å². The van der Waals surface area contributed by atoms with E-state index in [1.165, 1.54) is 24.7 Å². The van der Waals surface area contributed by atoms with Gasteiger partial charge in [0.2, 0.25) is 5.91 Å². The van der Waals surface area contributed by atoms with E-state index in [1.807, 2.05) is 36.4 Å². The van der Waals surface area contributed by atoms with Gasteiger partial charge in [0.05, 0.1) is 35.6 Å². The Labute approximate surface area is 204 Å². The summed E-state index contributed by atoms with van der Waals surface area (Å²) >= 11 is 1.41. The van der Waals surface area contributed by atoms with Crippen LogP contribution in [0.1, 0.15) is 37.0 Å². The second-order valence-corrected chi connectivity index (χ2v) is 9.67. The number of methoxy groups -OCH3 is 1. The topological polar surface area (TPSA) is 99.2 Å². The van der Waals surface area contributed by atoms with E-state index in [0.717, 1.165) is 39.8 Å². The van der Waals surface area contributed by atoms with E-state index in [1.54, 1.807) is 17.9 Å². The molecule has 0 bridgehead atoms. The first-order valence-corrected chi connectivity index (χ1v) is 12.1. The lowest BCUT2D eigenvalue weighted by molar-refractivity contribution is -0.114. The number of aromatic nitrogens is 3. The quantitative estimate of drug-likeness (QED) is 0.356. The lowest BCUT2D eigenvalue weighted by Gasteiger charge is -2.15. The summed E-state index contributed by atoms with van der Waals surface area (Å²) in [6.07, 6.45) is 5.15. The van der Waals surface area contributed by atoms with Gasteiger partial charge in [-0.1, -0.05) is 12.1 Å². The average Bonchev–Trinajstić information content (AvgIpc) is 3.43. The van der Waals surface area contributed by atoms with E-state index in [0.29, 0.717) is 33.4 Å². The molecule has 176 valence electrons. The van der Waals surface area contributed by atoms with Crippen LogP contribution < -0.4 is 15.6 Å². The Kier molecular flexibility index (Phi) is 5.14. The average molecular weight is 487 g/mol. The van der Waals surface area contributed by atoms with Crippen LogP contribution in [-0.2, 0) is 11.3 Å². The molecule has 1 aliphatic carbocycles. The summed E-state index contributed by atoms with van der Waals surface area (Å²) in [5.41, 5.74) is 2.54. The van der Waals surface area contributed by atoms with Gasteiger partial charge in [-0.3, -0.25) is 14.2 Å². The molecule has 9 heteroatoms. The first kappa shape index (κ1) is 21.5. The molecule has 1 fully saturated rings. The summed E-state index contributed by atoms with van der Waals surface area (Å²) < 4.78 is 13.4. The molecule has 0 unspecified atom stereocenters. The van der Waals surface area contributed by atoms with Crippen molar-refractivity contribution in [2.24, 2.45) is 0 Å². The van der Waals surface area contributed by atoms with E-state index in [9.17, 15) is 9.59 Å². The minimum absolute atomic E-state index is 0.162. The molecule has 0 spiro atoms. The summed E-state index contributed by atoms with van der Waals surface area (Å²) in [4.78, 5) is 35.5. The van der Waals surface area contributed by atoms with Crippen molar-refractivity contribution < 1.29 is 13.9 Å². The summed E-state index contributed by atoms with van der Waals surface area (Å²) in [6.45, 7) is 1.67. The zero-order valence-electron chi connectivity index (χ0n) is 19.2. The molecule has 0 aliphatic heterocycles. The number of fused-ring (bicyclic) bond motifs is 3. The number of oxazole rings is 1.